The molecule has 0 fully saturated rings. The Hall–Kier alpha value is -2.51. The van der Waals surface area contributed by atoms with E-state index in [1.54, 1.807) is 0 Å². The number of azo groups is 1. The Labute approximate surface area is 164 Å². The summed E-state index contributed by atoms with van der Waals surface area (Å²) < 4.78 is 0.918. The van der Waals surface area contributed by atoms with Crippen LogP contribution in [0.5, 0.6) is 0 Å². The van der Waals surface area contributed by atoms with Crippen LogP contribution in [-0.4, -0.2) is 50.2 Å². The van der Waals surface area contributed by atoms with E-state index in [0.29, 0.717) is 16.4 Å². The molecule has 0 radical (unpaired) electrons. The van der Waals surface area contributed by atoms with Crippen LogP contribution in [0, 0.1) is 21.7 Å². The molecule has 0 N–H and O–H groups in total. The molecule has 2 aromatic carbocycles. The highest BCUT2D eigenvalue weighted by molar-refractivity contribution is 5.53. The molecule has 0 aliphatic heterocycles. The predicted octanol–water partition coefficient (Wildman–Crippen LogP) is 4.24. The van der Waals surface area contributed by atoms with Crippen molar-refractivity contribution in [2.45, 2.75) is 6.92 Å². The van der Waals surface area contributed by atoms with E-state index in [1.165, 1.54) is 18.2 Å². The summed E-state index contributed by atoms with van der Waals surface area (Å²) in [5, 5.41) is 19.4. The molecule has 0 unspecified atom stereocenters. The minimum Gasteiger partial charge on any atom is -0.366 e. The van der Waals surface area contributed by atoms with Crippen LogP contribution in [0.25, 0.3) is 0 Å². The van der Waals surface area contributed by atoms with Crippen LogP contribution in [0.3, 0.4) is 0 Å². The summed E-state index contributed by atoms with van der Waals surface area (Å²) in [5.74, 6) is 0. The van der Waals surface area contributed by atoms with Gasteiger partial charge in [-0.15, -0.1) is 5.11 Å². The largest absolute Gasteiger partial charge is 0.366 e. The van der Waals surface area contributed by atoms with E-state index in [2.05, 4.69) is 43.2 Å². The molecule has 2 rings (SSSR count). The lowest BCUT2D eigenvalue weighted by molar-refractivity contribution is -0.868. The van der Waals surface area contributed by atoms with Crippen molar-refractivity contribution in [2.24, 2.45) is 10.2 Å². The van der Waals surface area contributed by atoms with Crippen molar-refractivity contribution in [3.8, 4) is 0 Å². The average Bonchev–Trinajstić information content (AvgIpc) is 2.61. The first-order valence-corrected chi connectivity index (χ1v) is 9.13. The van der Waals surface area contributed by atoms with Crippen LogP contribution in [0.1, 0.15) is 6.92 Å². The summed E-state index contributed by atoms with van der Waals surface area (Å²) in [6, 6.07) is 12.1. The fourth-order valence-electron chi connectivity index (χ4n) is 2.43. The zero-order valence-corrected chi connectivity index (χ0v) is 16.9. The van der Waals surface area contributed by atoms with Crippen LogP contribution >= 0.6 is 0 Å². The number of rotatable bonds is 8. The van der Waals surface area contributed by atoms with Gasteiger partial charge in [-0.1, -0.05) is 0 Å². The molecule has 0 spiro atoms. The molecule has 0 amide bonds. The fourth-order valence-corrected chi connectivity index (χ4v) is 2.66. The number of hydrogen-bond acceptors (Lipinski definition) is 5. The Morgan fingerprint density at radius 3 is 2.30 bits per heavy atom. The summed E-state index contributed by atoms with van der Waals surface area (Å²) in [6.07, 6.45) is 0. The van der Waals surface area contributed by atoms with E-state index in [4.69, 9.17) is 11.6 Å². The molecule has 144 valence electrons. The maximum atomic E-state index is 10.8. The van der Waals surface area contributed by atoms with Gasteiger partial charge < -0.3 is 9.38 Å². The second-order valence-corrected chi connectivity index (χ2v) is 7.66. The lowest BCUT2D eigenvalue weighted by Gasteiger charge is -2.29. The normalized spacial score (nSPS) is 11.7. The van der Waals surface area contributed by atoms with Gasteiger partial charge >= 0.3 is 0 Å². The standard InChI is InChI=1S/C19H26ClN5O2/c1-5-23(12-13-25(2,3)4)16-8-6-15(7-9-16)21-22-19-11-10-17(24(26)27)14-18(19)20/h6-11,14,20H,5,12-13H2,1-4H3/q+2. The van der Waals surface area contributed by atoms with Crippen LogP contribution < -0.4 is 4.90 Å². The fraction of sp³-hybridized carbons (Fsp3) is 0.368. The number of nitro groups is 1. The molecule has 0 atom stereocenters. The second kappa shape index (κ2) is 8.92. The number of halogens is 1. The number of non-ortho nitro benzene ring substituents is 1. The number of benzene rings is 2. The summed E-state index contributed by atoms with van der Waals surface area (Å²) in [5.41, 5.74) is 2.24. The molecular formula is C19H26ClN5O2+2. The second-order valence-electron chi connectivity index (χ2n) is 7.22. The number of quaternary nitrogens is 1. The average molecular weight is 392 g/mol. The first-order chi connectivity index (χ1) is 12.7. The molecule has 0 aliphatic rings. The molecule has 0 saturated heterocycles. The molecule has 27 heavy (non-hydrogen) atoms. The SMILES string of the molecule is CCN(CC[N+](C)(C)C)c1ccc(N=Nc2ccc([N+](=O)[O-])cc2[ClH+])cc1. The molecule has 0 bridgehead atoms. The van der Waals surface area contributed by atoms with Gasteiger partial charge in [0.15, 0.2) is 17.3 Å². The third-order valence-electron chi connectivity index (χ3n) is 4.06. The van der Waals surface area contributed by atoms with Crippen molar-refractivity contribution in [1.82, 2.24) is 0 Å². The summed E-state index contributed by atoms with van der Waals surface area (Å²) in [4.78, 5) is 12.6. The van der Waals surface area contributed by atoms with Crippen molar-refractivity contribution >= 4 is 22.7 Å². The molecule has 0 aromatic heterocycles. The van der Waals surface area contributed by atoms with Gasteiger partial charge in [0, 0.05) is 18.3 Å². The monoisotopic (exact) mass is 391 g/mol. The third-order valence-corrected chi connectivity index (χ3v) is 4.39. The van der Waals surface area contributed by atoms with Gasteiger partial charge in [0.25, 0.3) is 10.7 Å². The highest BCUT2D eigenvalue weighted by Crippen LogP contribution is 2.27. The molecule has 0 aliphatic carbocycles. The number of likely N-dealkylation sites (N-methyl/N-ethyl adjacent to an activating group) is 2. The van der Waals surface area contributed by atoms with Gasteiger partial charge in [0.1, 0.15) is 0 Å². The minimum atomic E-state index is -0.479. The molecule has 8 heteroatoms. The van der Waals surface area contributed by atoms with Gasteiger partial charge in [0.2, 0.25) is 0 Å². The molecule has 0 saturated carbocycles. The maximum Gasteiger partial charge on any atom is 0.275 e. The Balaban J connectivity index is 2.08. The van der Waals surface area contributed by atoms with Crippen LogP contribution in [0.4, 0.5) is 22.7 Å². The quantitative estimate of drug-likeness (QED) is 0.292. The third kappa shape index (κ3) is 6.30. The van der Waals surface area contributed by atoms with Crippen LogP contribution in [0.15, 0.2) is 52.7 Å². The summed E-state index contributed by atoms with van der Waals surface area (Å²) >= 11 is 5.14. The Morgan fingerprint density at radius 1 is 1.11 bits per heavy atom. The number of anilines is 1. The van der Waals surface area contributed by atoms with Gasteiger partial charge in [-0.3, -0.25) is 10.1 Å². The molecule has 0 heterocycles. The summed E-state index contributed by atoms with van der Waals surface area (Å²) in [7, 11) is 6.55. The lowest BCUT2D eigenvalue weighted by atomic mass is 10.2. The highest BCUT2D eigenvalue weighted by atomic mass is 35.5. The number of hydrogen-bond donors (Lipinski definition) is 0. The van der Waals surface area contributed by atoms with Crippen molar-refractivity contribution in [3.63, 3.8) is 0 Å². The lowest BCUT2D eigenvalue weighted by Crippen LogP contribution is -2.42. The smallest absolute Gasteiger partial charge is 0.275 e. The van der Waals surface area contributed by atoms with Crippen LogP contribution in [0.2, 0.25) is 5.02 Å². The van der Waals surface area contributed by atoms with E-state index in [-0.39, 0.29) is 5.69 Å². The van der Waals surface area contributed by atoms with E-state index < -0.39 is 4.92 Å². The first kappa shape index (κ1) is 20.8. The van der Waals surface area contributed by atoms with Gasteiger partial charge in [0.05, 0.1) is 50.9 Å². The van der Waals surface area contributed by atoms with E-state index >= 15 is 0 Å². The molecule has 7 nitrogen and oxygen atoms in total. The minimum absolute atomic E-state index is 0.0446. The van der Waals surface area contributed by atoms with E-state index in [0.717, 1.165) is 29.8 Å². The van der Waals surface area contributed by atoms with Crippen molar-refractivity contribution in [3.05, 3.63) is 57.6 Å². The van der Waals surface area contributed by atoms with Crippen molar-refractivity contribution < 1.29 is 21.0 Å². The van der Waals surface area contributed by atoms with E-state index in [9.17, 15) is 10.1 Å². The molecular weight excluding hydrogens is 366 g/mol. The Kier molecular flexibility index (Phi) is 6.87. The van der Waals surface area contributed by atoms with Gasteiger partial charge in [-0.25, -0.2) is 0 Å². The van der Waals surface area contributed by atoms with E-state index in [1.807, 2.05) is 24.3 Å². The highest BCUT2D eigenvalue weighted by Gasteiger charge is 2.14. The topological polar surface area (TPSA) is 71.1 Å². The zero-order chi connectivity index (χ0) is 20.0. The van der Waals surface area contributed by atoms with Crippen molar-refractivity contribution in [2.75, 3.05) is 45.7 Å². The summed E-state index contributed by atoms with van der Waals surface area (Å²) in [6.45, 7) is 5.10. The zero-order valence-electron chi connectivity index (χ0n) is 16.1. The Bertz CT molecular complexity index is 816. The Morgan fingerprint density at radius 2 is 1.78 bits per heavy atom. The predicted molar refractivity (Wildman–Crippen MR) is 105 cm³/mol. The van der Waals surface area contributed by atoms with Gasteiger partial charge in [-0.05, 0) is 37.3 Å². The maximum absolute atomic E-state index is 10.8. The molecule has 2 aromatic rings. The van der Waals surface area contributed by atoms with Crippen LogP contribution in [-0.2, 0) is 0 Å². The first-order valence-electron chi connectivity index (χ1n) is 8.72. The number of nitrogens with zero attached hydrogens (tertiary/aromatic N) is 5. The van der Waals surface area contributed by atoms with Gasteiger partial charge in [-0.2, -0.15) is 5.11 Å². The van der Waals surface area contributed by atoms with Crippen molar-refractivity contribution in [1.29, 1.82) is 0 Å². The number of nitro benzene ring substituents is 1.